The number of benzene rings is 3. The lowest BCUT2D eigenvalue weighted by molar-refractivity contribution is 0.0977. The van der Waals surface area contributed by atoms with E-state index < -0.39 is 0 Å². The molecule has 0 aliphatic rings. The van der Waals surface area contributed by atoms with Crippen LogP contribution in [-0.4, -0.2) is 16.0 Å². The first-order valence-corrected chi connectivity index (χ1v) is 10.5. The van der Waals surface area contributed by atoms with Gasteiger partial charge in [0.05, 0.1) is 0 Å². The first-order valence-electron chi connectivity index (χ1n) is 9.71. The molecule has 4 aromatic rings. The van der Waals surface area contributed by atoms with Crippen molar-refractivity contribution >= 4 is 51.6 Å². The van der Waals surface area contributed by atoms with Gasteiger partial charge in [-0.1, -0.05) is 35.9 Å². The quantitative estimate of drug-likeness (QED) is 0.384. The van der Waals surface area contributed by atoms with Crippen molar-refractivity contribution in [2.24, 2.45) is 0 Å². The number of amides is 1. The molecule has 0 fully saturated rings. The van der Waals surface area contributed by atoms with Gasteiger partial charge in [-0.15, -0.1) is 0 Å². The Labute approximate surface area is 190 Å². The molecule has 2 N–H and O–H groups in total. The number of rotatable bonds is 4. The van der Waals surface area contributed by atoms with Gasteiger partial charge in [-0.2, -0.15) is 0 Å². The first-order chi connectivity index (χ1) is 14.9. The lowest BCUT2D eigenvalue weighted by atomic mass is 10.1. The molecule has 0 aliphatic carbocycles. The van der Waals surface area contributed by atoms with Crippen LogP contribution in [0, 0.1) is 13.8 Å². The second-order valence-corrected chi connectivity index (χ2v) is 8.14. The zero-order chi connectivity index (χ0) is 22.0. The van der Waals surface area contributed by atoms with Crippen LogP contribution in [0.1, 0.15) is 32.9 Å². The molecule has 5 nitrogen and oxygen atoms in total. The minimum atomic E-state index is -0.317. The summed E-state index contributed by atoms with van der Waals surface area (Å²) in [6.45, 7) is 3.91. The fourth-order valence-electron chi connectivity index (χ4n) is 3.11. The molecule has 1 heterocycles. The van der Waals surface area contributed by atoms with E-state index in [0.29, 0.717) is 22.9 Å². The van der Waals surface area contributed by atoms with Gasteiger partial charge in [0.1, 0.15) is 5.52 Å². The van der Waals surface area contributed by atoms with Gasteiger partial charge in [0.2, 0.25) is 0 Å². The molecule has 0 saturated heterocycles. The van der Waals surface area contributed by atoms with Gasteiger partial charge in [0, 0.05) is 22.7 Å². The topological polar surface area (TPSA) is 67.2 Å². The highest BCUT2D eigenvalue weighted by molar-refractivity contribution is 7.80. The summed E-state index contributed by atoms with van der Waals surface area (Å²) in [7, 11) is 0. The van der Waals surface area contributed by atoms with Crippen LogP contribution in [0.4, 0.5) is 5.69 Å². The molecule has 0 saturated carbocycles. The van der Waals surface area contributed by atoms with Gasteiger partial charge < -0.3 is 9.73 Å². The standard InChI is InChI=1S/C24H20ClN3O2S/c1-14-3-10-21-20(11-14)27-22(30-21)12-16-5-8-18(9-6-16)26-24(31)28-23(29)17-7-4-15(2)19(25)13-17/h3-11,13H,12H2,1-2H3,(H2,26,28,29,31). The van der Waals surface area contributed by atoms with Crippen molar-refractivity contribution in [1.82, 2.24) is 10.3 Å². The summed E-state index contributed by atoms with van der Waals surface area (Å²) in [5.74, 6) is 0.350. The Morgan fingerprint density at radius 1 is 1.06 bits per heavy atom. The molecule has 0 atom stereocenters. The Kier molecular flexibility index (Phi) is 6.02. The van der Waals surface area contributed by atoms with E-state index in [2.05, 4.69) is 15.6 Å². The lowest BCUT2D eigenvalue weighted by Crippen LogP contribution is -2.34. The molecule has 0 radical (unpaired) electrons. The highest BCUT2D eigenvalue weighted by Gasteiger charge is 2.10. The van der Waals surface area contributed by atoms with Crippen molar-refractivity contribution in [3.63, 3.8) is 0 Å². The van der Waals surface area contributed by atoms with Gasteiger partial charge in [0.25, 0.3) is 5.91 Å². The van der Waals surface area contributed by atoms with Crippen molar-refractivity contribution in [1.29, 1.82) is 0 Å². The molecular formula is C24H20ClN3O2S. The zero-order valence-corrected chi connectivity index (χ0v) is 18.6. The highest BCUT2D eigenvalue weighted by atomic mass is 35.5. The molecule has 1 aromatic heterocycles. The SMILES string of the molecule is Cc1ccc2oc(Cc3ccc(NC(=S)NC(=O)c4ccc(C)c(Cl)c4)cc3)nc2c1. The summed E-state index contributed by atoms with van der Waals surface area (Å²) in [5.41, 5.74) is 5.98. The Balaban J connectivity index is 1.36. The molecule has 0 spiro atoms. The summed E-state index contributed by atoms with van der Waals surface area (Å²) in [6, 6.07) is 18.8. The van der Waals surface area contributed by atoms with Crippen molar-refractivity contribution in [3.8, 4) is 0 Å². The lowest BCUT2D eigenvalue weighted by Gasteiger charge is -2.10. The number of nitrogens with one attached hydrogen (secondary N) is 2. The Morgan fingerprint density at radius 2 is 1.84 bits per heavy atom. The molecule has 7 heteroatoms. The van der Waals surface area contributed by atoms with Crippen LogP contribution in [-0.2, 0) is 6.42 Å². The average Bonchev–Trinajstić information content (AvgIpc) is 3.12. The molecule has 0 unspecified atom stereocenters. The van der Waals surface area contributed by atoms with Gasteiger partial charge in [-0.25, -0.2) is 4.98 Å². The number of halogens is 1. The van der Waals surface area contributed by atoms with Gasteiger partial charge in [0.15, 0.2) is 16.6 Å². The number of anilines is 1. The molecule has 0 bridgehead atoms. The van der Waals surface area contributed by atoms with Crippen LogP contribution in [0.25, 0.3) is 11.1 Å². The number of aryl methyl sites for hydroxylation is 2. The van der Waals surface area contributed by atoms with E-state index in [1.54, 1.807) is 18.2 Å². The van der Waals surface area contributed by atoms with Gasteiger partial charge in [-0.05, 0) is 79.2 Å². The maximum atomic E-state index is 12.3. The normalized spacial score (nSPS) is 10.8. The molecule has 3 aromatic carbocycles. The highest BCUT2D eigenvalue weighted by Crippen LogP contribution is 2.20. The van der Waals surface area contributed by atoms with Crippen LogP contribution in [0.5, 0.6) is 0 Å². The molecule has 4 rings (SSSR count). The summed E-state index contributed by atoms with van der Waals surface area (Å²) in [5, 5.41) is 6.43. The summed E-state index contributed by atoms with van der Waals surface area (Å²) < 4.78 is 5.82. The maximum absolute atomic E-state index is 12.3. The Morgan fingerprint density at radius 3 is 2.58 bits per heavy atom. The van der Waals surface area contributed by atoms with Crippen LogP contribution < -0.4 is 10.6 Å². The fourth-order valence-corrected chi connectivity index (χ4v) is 3.50. The maximum Gasteiger partial charge on any atom is 0.257 e. The molecule has 156 valence electrons. The van der Waals surface area contributed by atoms with E-state index in [1.807, 2.05) is 56.3 Å². The number of thiocarbonyl (C=S) groups is 1. The smallest absolute Gasteiger partial charge is 0.257 e. The number of hydrogen-bond acceptors (Lipinski definition) is 4. The number of carbonyl (C=O) groups excluding carboxylic acids is 1. The van der Waals surface area contributed by atoms with E-state index >= 15 is 0 Å². The summed E-state index contributed by atoms with van der Waals surface area (Å²) >= 11 is 11.3. The molecule has 31 heavy (non-hydrogen) atoms. The number of aromatic nitrogens is 1. The van der Waals surface area contributed by atoms with Crippen LogP contribution in [0.2, 0.25) is 5.02 Å². The van der Waals surface area contributed by atoms with E-state index in [1.165, 1.54) is 0 Å². The van der Waals surface area contributed by atoms with Crippen molar-refractivity contribution in [3.05, 3.63) is 93.8 Å². The second-order valence-electron chi connectivity index (χ2n) is 7.32. The Bertz CT molecular complexity index is 1280. The van der Waals surface area contributed by atoms with Crippen molar-refractivity contribution < 1.29 is 9.21 Å². The van der Waals surface area contributed by atoms with Crippen LogP contribution in [0.3, 0.4) is 0 Å². The van der Waals surface area contributed by atoms with Crippen LogP contribution in [0.15, 0.2) is 65.1 Å². The number of fused-ring (bicyclic) bond motifs is 1. The van der Waals surface area contributed by atoms with E-state index in [-0.39, 0.29) is 11.0 Å². The van der Waals surface area contributed by atoms with E-state index in [9.17, 15) is 4.79 Å². The zero-order valence-electron chi connectivity index (χ0n) is 17.0. The second kappa shape index (κ2) is 8.88. The first kappa shape index (κ1) is 21.0. The summed E-state index contributed by atoms with van der Waals surface area (Å²) in [6.07, 6.45) is 0.587. The van der Waals surface area contributed by atoms with E-state index in [4.69, 9.17) is 28.2 Å². The summed E-state index contributed by atoms with van der Waals surface area (Å²) in [4.78, 5) is 16.9. The molecule has 0 aliphatic heterocycles. The Hall–Kier alpha value is -3.22. The van der Waals surface area contributed by atoms with Crippen molar-refractivity contribution in [2.75, 3.05) is 5.32 Å². The third-order valence-corrected chi connectivity index (χ3v) is 5.43. The minimum absolute atomic E-state index is 0.212. The fraction of sp³-hybridized carbons (Fsp3) is 0.125. The average molecular weight is 450 g/mol. The minimum Gasteiger partial charge on any atom is -0.440 e. The number of oxazole rings is 1. The van der Waals surface area contributed by atoms with E-state index in [0.717, 1.165) is 33.5 Å². The van der Waals surface area contributed by atoms with Crippen LogP contribution >= 0.6 is 23.8 Å². The predicted octanol–water partition coefficient (Wildman–Crippen LogP) is 5.82. The van der Waals surface area contributed by atoms with Gasteiger partial charge in [-0.3, -0.25) is 10.1 Å². The molecule has 1 amide bonds. The number of hydrogen-bond donors (Lipinski definition) is 2. The van der Waals surface area contributed by atoms with Gasteiger partial charge >= 0.3 is 0 Å². The van der Waals surface area contributed by atoms with Crippen molar-refractivity contribution in [2.45, 2.75) is 20.3 Å². The third-order valence-electron chi connectivity index (χ3n) is 4.82. The third kappa shape index (κ3) is 5.10. The number of carbonyl (C=O) groups is 1. The predicted molar refractivity (Wildman–Crippen MR) is 128 cm³/mol. The number of nitrogens with zero attached hydrogens (tertiary/aromatic N) is 1. The molecular weight excluding hydrogens is 430 g/mol. The largest absolute Gasteiger partial charge is 0.440 e. The monoisotopic (exact) mass is 449 g/mol.